The molecule has 2 atom stereocenters. The van der Waals surface area contributed by atoms with Crippen molar-refractivity contribution in [2.45, 2.75) is 65.0 Å². The van der Waals surface area contributed by atoms with Gasteiger partial charge in [0.25, 0.3) is 0 Å². The van der Waals surface area contributed by atoms with Crippen LogP contribution in [0.3, 0.4) is 0 Å². The van der Waals surface area contributed by atoms with Gasteiger partial charge in [-0.05, 0) is 26.0 Å². The van der Waals surface area contributed by atoms with Gasteiger partial charge in [0, 0.05) is 5.75 Å². The number of carboxylic acid groups (broad SMARTS) is 1. The van der Waals surface area contributed by atoms with E-state index in [0.29, 0.717) is 12.4 Å². The SMILES string of the molecule is CCCCCCCSC[C@H](N[C@@H](C)C(=O)O)C(=O)OCC. The molecule has 0 aromatic heterocycles. The molecule has 0 heterocycles. The van der Waals surface area contributed by atoms with Crippen molar-refractivity contribution in [3.05, 3.63) is 0 Å². The minimum absolute atomic E-state index is 0.306. The Kier molecular flexibility index (Phi) is 12.5. The minimum Gasteiger partial charge on any atom is -0.480 e. The largest absolute Gasteiger partial charge is 0.480 e. The fourth-order valence-electron chi connectivity index (χ4n) is 1.81. The van der Waals surface area contributed by atoms with Crippen molar-refractivity contribution in [3.63, 3.8) is 0 Å². The Morgan fingerprint density at radius 1 is 1.19 bits per heavy atom. The van der Waals surface area contributed by atoms with Gasteiger partial charge in [-0.25, -0.2) is 0 Å². The maximum Gasteiger partial charge on any atom is 0.324 e. The molecule has 0 aliphatic rings. The Hall–Kier alpha value is -0.750. The molecular formula is C15H29NO4S. The van der Waals surface area contributed by atoms with E-state index in [4.69, 9.17) is 9.84 Å². The van der Waals surface area contributed by atoms with Crippen LogP contribution < -0.4 is 5.32 Å². The maximum absolute atomic E-state index is 11.8. The van der Waals surface area contributed by atoms with Gasteiger partial charge in [0.2, 0.25) is 0 Å². The van der Waals surface area contributed by atoms with Gasteiger partial charge in [0.1, 0.15) is 12.1 Å². The zero-order valence-electron chi connectivity index (χ0n) is 13.4. The molecule has 0 rings (SSSR count). The average molecular weight is 319 g/mol. The number of carbonyl (C=O) groups excluding carboxylic acids is 1. The Morgan fingerprint density at radius 3 is 2.43 bits per heavy atom. The molecule has 0 aliphatic carbocycles. The number of carbonyl (C=O) groups is 2. The predicted molar refractivity (Wildman–Crippen MR) is 86.7 cm³/mol. The van der Waals surface area contributed by atoms with Crippen LogP contribution in [0.25, 0.3) is 0 Å². The molecule has 0 saturated carbocycles. The molecule has 0 bridgehead atoms. The number of hydrogen-bond acceptors (Lipinski definition) is 5. The third-order valence-electron chi connectivity index (χ3n) is 3.07. The van der Waals surface area contributed by atoms with Crippen molar-refractivity contribution in [3.8, 4) is 0 Å². The van der Waals surface area contributed by atoms with Crippen molar-refractivity contribution in [2.24, 2.45) is 0 Å². The summed E-state index contributed by atoms with van der Waals surface area (Å²) in [7, 11) is 0. The molecule has 0 aliphatic heterocycles. The highest BCUT2D eigenvalue weighted by molar-refractivity contribution is 7.99. The summed E-state index contributed by atoms with van der Waals surface area (Å²) < 4.78 is 4.99. The standard InChI is InChI=1S/C15H29NO4S/c1-4-6-7-8-9-10-21-11-13(15(19)20-5-2)16-12(3)14(17)18/h12-13,16H,4-11H2,1-3H3,(H,17,18)/t12-,13-/m0/s1. The number of hydrogen-bond donors (Lipinski definition) is 2. The van der Waals surface area contributed by atoms with E-state index in [-0.39, 0.29) is 5.97 Å². The normalized spacial score (nSPS) is 13.7. The molecule has 0 fully saturated rings. The summed E-state index contributed by atoms with van der Waals surface area (Å²) in [5, 5.41) is 11.7. The third kappa shape index (κ3) is 10.6. The Labute approximate surface area is 132 Å². The fraction of sp³-hybridized carbons (Fsp3) is 0.867. The van der Waals surface area contributed by atoms with E-state index in [2.05, 4.69) is 12.2 Å². The lowest BCUT2D eigenvalue weighted by atomic mass is 10.2. The van der Waals surface area contributed by atoms with Crippen LogP contribution in [0, 0.1) is 0 Å². The van der Waals surface area contributed by atoms with Crippen molar-refractivity contribution in [2.75, 3.05) is 18.1 Å². The lowest BCUT2D eigenvalue weighted by Gasteiger charge is -2.19. The number of esters is 1. The summed E-state index contributed by atoms with van der Waals surface area (Å²) in [4.78, 5) is 22.7. The molecule has 2 N–H and O–H groups in total. The second-order valence-corrected chi connectivity index (χ2v) is 6.17. The zero-order valence-corrected chi connectivity index (χ0v) is 14.2. The number of rotatable bonds is 13. The third-order valence-corrected chi connectivity index (χ3v) is 4.22. The second kappa shape index (κ2) is 13.0. The molecular weight excluding hydrogens is 290 g/mol. The zero-order chi connectivity index (χ0) is 16.1. The summed E-state index contributed by atoms with van der Waals surface area (Å²) in [5.41, 5.74) is 0. The van der Waals surface area contributed by atoms with Crippen LogP contribution in [0.4, 0.5) is 0 Å². The molecule has 124 valence electrons. The molecule has 0 saturated heterocycles. The summed E-state index contributed by atoms with van der Waals surface area (Å²) in [6.07, 6.45) is 6.11. The Morgan fingerprint density at radius 2 is 1.86 bits per heavy atom. The van der Waals surface area contributed by atoms with Gasteiger partial charge < -0.3 is 9.84 Å². The quantitative estimate of drug-likeness (QED) is 0.401. The summed E-state index contributed by atoms with van der Waals surface area (Å²) >= 11 is 1.67. The number of aliphatic carboxylic acids is 1. The van der Waals surface area contributed by atoms with Gasteiger partial charge in [-0.1, -0.05) is 32.6 Å². The average Bonchev–Trinajstić information content (AvgIpc) is 2.44. The number of unbranched alkanes of at least 4 members (excludes halogenated alkanes) is 4. The van der Waals surface area contributed by atoms with Crippen LogP contribution in [0.1, 0.15) is 52.9 Å². The molecule has 0 unspecified atom stereocenters. The Balaban J connectivity index is 4.04. The van der Waals surface area contributed by atoms with Crippen LogP contribution in [-0.2, 0) is 14.3 Å². The number of carboxylic acids is 1. The van der Waals surface area contributed by atoms with Gasteiger partial charge in [-0.15, -0.1) is 0 Å². The van der Waals surface area contributed by atoms with Gasteiger partial charge in [-0.3, -0.25) is 14.9 Å². The van der Waals surface area contributed by atoms with E-state index in [1.54, 1.807) is 18.7 Å². The molecule has 6 heteroatoms. The minimum atomic E-state index is -0.964. The second-order valence-electron chi connectivity index (χ2n) is 5.02. The van der Waals surface area contributed by atoms with Crippen LogP contribution >= 0.6 is 11.8 Å². The number of nitrogens with one attached hydrogen (secondary N) is 1. The predicted octanol–water partition coefficient (Wildman–Crippen LogP) is 2.68. The molecule has 21 heavy (non-hydrogen) atoms. The first-order valence-corrected chi connectivity index (χ1v) is 8.91. The smallest absolute Gasteiger partial charge is 0.324 e. The summed E-state index contributed by atoms with van der Waals surface area (Å²) in [6.45, 7) is 5.77. The first-order valence-electron chi connectivity index (χ1n) is 7.76. The van der Waals surface area contributed by atoms with Crippen molar-refractivity contribution in [1.29, 1.82) is 0 Å². The molecule has 0 spiro atoms. The lowest BCUT2D eigenvalue weighted by molar-refractivity contribution is -0.146. The van der Waals surface area contributed by atoms with Gasteiger partial charge in [0.05, 0.1) is 6.61 Å². The van der Waals surface area contributed by atoms with Crippen LogP contribution in [0.5, 0.6) is 0 Å². The maximum atomic E-state index is 11.8. The van der Waals surface area contributed by atoms with E-state index in [0.717, 1.165) is 12.2 Å². The van der Waals surface area contributed by atoms with E-state index in [1.807, 2.05) is 0 Å². The van der Waals surface area contributed by atoms with Gasteiger partial charge in [0.15, 0.2) is 0 Å². The topological polar surface area (TPSA) is 75.6 Å². The van der Waals surface area contributed by atoms with Crippen LogP contribution in [-0.4, -0.2) is 47.2 Å². The van der Waals surface area contributed by atoms with E-state index >= 15 is 0 Å². The Bertz CT molecular complexity index is 299. The lowest BCUT2D eigenvalue weighted by Crippen LogP contribution is -2.47. The van der Waals surface area contributed by atoms with Crippen molar-refractivity contribution < 1.29 is 19.4 Å². The molecule has 0 aromatic carbocycles. The first-order chi connectivity index (χ1) is 10.0. The number of ether oxygens (including phenoxy) is 1. The van der Waals surface area contributed by atoms with E-state index < -0.39 is 18.1 Å². The van der Waals surface area contributed by atoms with Gasteiger partial charge >= 0.3 is 11.9 Å². The molecule has 0 aromatic rings. The summed E-state index contributed by atoms with van der Waals surface area (Å²) in [6, 6.07) is -1.32. The van der Waals surface area contributed by atoms with Crippen LogP contribution in [0.2, 0.25) is 0 Å². The van der Waals surface area contributed by atoms with Crippen molar-refractivity contribution >= 4 is 23.7 Å². The fourth-order valence-corrected chi connectivity index (χ4v) is 2.85. The molecule has 0 radical (unpaired) electrons. The van der Waals surface area contributed by atoms with E-state index in [9.17, 15) is 9.59 Å². The highest BCUT2D eigenvalue weighted by atomic mass is 32.2. The highest BCUT2D eigenvalue weighted by Gasteiger charge is 2.24. The molecule has 5 nitrogen and oxygen atoms in total. The summed E-state index contributed by atoms with van der Waals surface area (Å²) in [5.74, 6) is 0.199. The highest BCUT2D eigenvalue weighted by Crippen LogP contribution is 2.11. The van der Waals surface area contributed by atoms with Gasteiger partial charge in [-0.2, -0.15) is 11.8 Å². The molecule has 0 amide bonds. The number of thioether (sulfide) groups is 1. The monoisotopic (exact) mass is 319 g/mol. The van der Waals surface area contributed by atoms with Crippen LogP contribution in [0.15, 0.2) is 0 Å². The van der Waals surface area contributed by atoms with Crippen molar-refractivity contribution in [1.82, 2.24) is 5.32 Å². The first kappa shape index (κ1) is 20.2. The van der Waals surface area contributed by atoms with E-state index in [1.165, 1.54) is 32.6 Å².